The molecule has 0 bridgehead atoms. The van der Waals surface area contributed by atoms with Gasteiger partial charge in [-0.3, -0.25) is 4.79 Å². The molecule has 1 aromatic heterocycles. The molecule has 1 aliphatic heterocycles. The first-order valence-corrected chi connectivity index (χ1v) is 9.07. The molecular weight excluding hydrogens is 391 g/mol. The largest absolute Gasteiger partial charge is 0.477 e. The molecule has 0 fully saturated rings. The van der Waals surface area contributed by atoms with Crippen LogP contribution in [0.4, 0.5) is 18.9 Å². The van der Waals surface area contributed by atoms with Crippen LogP contribution < -0.4 is 5.32 Å². The summed E-state index contributed by atoms with van der Waals surface area (Å²) < 4.78 is 41.3. The molecule has 1 amide bonds. The van der Waals surface area contributed by atoms with Gasteiger partial charge in [-0.2, -0.15) is 0 Å². The van der Waals surface area contributed by atoms with E-state index < -0.39 is 35.2 Å². The van der Waals surface area contributed by atoms with Crippen molar-refractivity contribution in [3.63, 3.8) is 0 Å². The highest BCUT2D eigenvalue weighted by Gasteiger charge is 2.35. The molecule has 0 saturated heterocycles. The summed E-state index contributed by atoms with van der Waals surface area (Å²) in [5.41, 5.74) is 0.846. The zero-order valence-electron chi connectivity index (χ0n) is 14.1. The van der Waals surface area contributed by atoms with E-state index in [9.17, 15) is 27.9 Å². The third-order valence-electron chi connectivity index (χ3n) is 4.57. The van der Waals surface area contributed by atoms with Crippen molar-refractivity contribution in [2.75, 3.05) is 5.32 Å². The molecule has 0 radical (unpaired) electrons. The Kier molecular flexibility index (Phi) is 4.43. The van der Waals surface area contributed by atoms with Crippen LogP contribution in [0.15, 0.2) is 42.5 Å². The van der Waals surface area contributed by atoms with Crippen molar-refractivity contribution in [1.29, 1.82) is 0 Å². The molecule has 0 unspecified atom stereocenters. The number of rotatable bonds is 3. The van der Waals surface area contributed by atoms with Gasteiger partial charge in [-0.15, -0.1) is 11.3 Å². The maximum Gasteiger partial charge on any atom is 0.346 e. The lowest BCUT2D eigenvalue weighted by molar-refractivity contribution is -0.116. The maximum atomic E-state index is 14.4. The fraction of sp³-hybridized carbons (Fsp3) is 0.100. The SMILES string of the molecule is O=C1C[C@@H](c2cc(F)ccc2F)c2sc(C(=O)O)c(-c3ccc(F)cc3)c2N1. The number of aromatic carboxylic acids is 1. The van der Waals surface area contributed by atoms with Crippen LogP contribution in [0.2, 0.25) is 0 Å². The third-order valence-corrected chi connectivity index (χ3v) is 5.86. The molecular formula is C20H12F3NO3S. The third kappa shape index (κ3) is 3.05. The first-order valence-electron chi connectivity index (χ1n) is 8.26. The van der Waals surface area contributed by atoms with Crippen molar-refractivity contribution in [3.05, 3.63) is 75.2 Å². The first kappa shape index (κ1) is 18.2. The average Bonchev–Trinajstić information content (AvgIpc) is 3.03. The molecule has 4 nitrogen and oxygen atoms in total. The fourth-order valence-corrected chi connectivity index (χ4v) is 4.60. The summed E-state index contributed by atoms with van der Waals surface area (Å²) in [6.45, 7) is 0. The minimum Gasteiger partial charge on any atom is -0.477 e. The smallest absolute Gasteiger partial charge is 0.346 e. The Bertz CT molecular complexity index is 1110. The van der Waals surface area contributed by atoms with Crippen molar-refractivity contribution in [1.82, 2.24) is 0 Å². The predicted octanol–water partition coefficient (Wildman–Crippen LogP) is 5.00. The molecule has 1 aliphatic rings. The molecule has 8 heteroatoms. The van der Waals surface area contributed by atoms with Crippen LogP contribution in [0.3, 0.4) is 0 Å². The topological polar surface area (TPSA) is 66.4 Å². The summed E-state index contributed by atoms with van der Waals surface area (Å²) >= 11 is 0.891. The van der Waals surface area contributed by atoms with Gasteiger partial charge < -0.3 is 10.4 Å². The van der Waals surface area contributed by atoms with Crippen molar-refractivity contribution in [3.8, 4) is 11.1 Å². The molecule has 0 aliphatic carbocycles. The molecule has 2 N–H and O–H groups in total. The number of carboxylic acid groups (broad SMARTS) is 1. The number of carbonyl (C=O) groups is 2. The van der Waals surface area contributed by atoms with Crippen molar-refractivity contribution < 1.29 is 27.9 Å². The number of benzene rings is 2. The lowest BCUT2D eigenvalue weighted by Crippen LogP contribution is -2.23. The summed E-state index contributed by atoms with van der Waals surface area (Å²) in [5.74, 6) is -4.32. The van der Waals surface area contributed by atoms with E-state index in [-0.39, 0.29) is 28.1 Å². The van der Waals surface area contributed by atoms with Crippen molar-refractivity contribution in [2.24, 2.45) is 0 Å². The zero-order chi connectivity index (χ0) is 20.0. The lowest BCUT2D eigenvalue weighted by Gasteiger charge is -2.24. The zero-order valence-corrected chi connectivity index (χ0v) is 14.9. The Hall–Kier alpha value is -3.13. The molecule has 2 aromatic carbocycles. The van der Waals surface area contributed by atoms with Gasteiger partial charge in [-0.05, 0) is 41.5 Å². The number of anilines is 1. The molecule has 4 rings (SSSR count). The van der Waals surface area contributed by atoms with E-state index in [2.05, 4.69) is 5.32 Å². The highest BCUT2D eigenvalue weighted by Crippen LogP contribution is 2.49. The fourth-order valence-electron chi connectivity index (χ4n) is 3.36. The number of amides is 1. The number of carboxylic acids is 1. The van der Waals surface area contributed by atoms with Crippen LogP contribution in [-0.2, 0) is 4.79 Å². The molecule has 2 heterocycles. The molecule has 28 heavy (non-hydrogen) atoms. The Balaban J connectivity index is 1.96. The minimum absolute atomic E-state index is 0.0139. The Morgan fingerprint density at radius 1 is 1.07 bits per heavy atom. The first-order chi connectivity index (χ1) is 13.3. The van der Waals surface area contributed by atoms with E-state index in [4.69, 9.17) is 0 Å². The van der Waals surface area contributed by atoms with E-state index >= 15 is 0 Å². The van der Waals surface area contributed by atoms with Crippen molar-refractivity contribution in [2.45, 2.75) is 12.3 Å². The monoisotopic (exact) mass is 403 g/mol. The van der Waals surface area contributed by atoms with Gasteiger partial charge in [0.2, 0.25) is 5.91 Å². The highest BCUT2D eigenvalue weighted by atomic mass is 32.1. The molecule has 1 atom stereocenters. The maximum absolute atomic E-state index is 14.4. The number of hydrogen-bond donors (Lipinski definition) is 2. The van der Waals surface area contributed by atoms with E-state index in [1.165, 1.54) is 24.3 Å². The van der Waals surface area contributed by atoms with Crippen LogP contribution in [0, 0.1) is 17.5 Å². The highest BCUT2D eigenvalue weighted by molar-refractivity contribution is 7.15. The van der Waals surface area contributed by atoms with Crippen LogP contribution in [-0.4, -0.2) is 17.0 Å². The number of halogens is 3. The summed E-state index contributed by atoms with van der Waals surface area (Å²) in [6, 6.07) is 8.14. The number of nitrogens with one attached hydrogen (secondary N) is 1. The quantitative estimate of drug-likeness (QED) is 0.647. The van der Waals surface area contributed by atoms with Gasteiger partial charge in [-0.25, -0.2) is 18.0 Å². The molecule has 142 valence electrons. The predicted molar refractivity (Wildman–Crippen MR) is 98.1 cm³/mol. The summed E-state index contributed by atoms with van der Waals surface area (Å²) in [6.07, 6.45) is -0.143. The summed E-state index contributed by atoms with van der Waals surface area (Å²) in [4.78, 5) is 24.5. The van der Waals surface area contributed by atoms with E-state index in [0.29, 0.717) is 10.4 Å². The van der Waals surface area contributed by atoms with Gasteiger partial charge in [0, 0.05) is 22.8 Å². The number of fused-ring (bicyclic) bond motifs is 1. The van der Waals surface area contributed by atoms with Gasteiger partial charge >= 0.3 is 5.97 Å². The Morgan fingerprint density at radius 2 is 1.75 bits per heavy atom. The van der Waals surface area contributed by atoms with Crippen molar-refractivity contribution >= 4 is 28.9 Å². The molecule has 3 aromatic rings. The minimum atomic E-state index is -1.23. The van der Waals surface area contributed by atoms with E-state index in [1.54, 1.807) is 0 Å². The van der Waals surface area contributed by atoms with E-state index in [1.807, 2.05) is 0 Å². The number of hydrogen-bond acceptors (Lipinski definition) is 3. The van der Waals surface area contributed by atoms with Gasteiger partial charge in [0.05, 0.1) is 5.69 Å². The van der Waals surface area contributed by atoms with Crippen LogP contribution in [0.1, 0.15) is 32.5 Å². The normalized spacial score (nSPS) is 15.8. The second kappa shape index (κ2) is 6.79. The Labute approximate surface area is 161 Å². The van der Waals surface area contributed by atoms with Gasteiger partial charge in [0.15, 0.2) is 0 Å². The standard InChI is InChI=1S/C20H12F3NO3S/c21-10-3-1-9(2-4-10)16-17-18(28-19(16)20(26)27)13(8-15(25)24-17)12-7-11(22)5-6-14(12)23/h1-7,13H,8H2,(H,24,25)(H,26,27)/t13-/m0/s1. The van der Waals surface area contributed by atoms with Crippen LogP contribution >= 0.6 is 11.3 Å². The van der Waals surface area contributed by atoms with Gasteiger partial charge in [0.25, 0.3) is 0 Å². The molecule has 0 spiro atoms. The second-order valence-corrected chi connectivity index (χ2v) is 7.38. The summed E-state index contributed by atoms with van der Waals surface area (Å²) in [5, 5.41) is 12.3. The van der Waals surface area contributed by atoms with Gasteiger partial charge in [0.1, 0.15) is 22.3 Å². The summed E-state index contributed by atoms with van der Waals surface area (Å²) in [7, 11) is 0. The van der Waals surface area contributed by atoms with E-state index in [0.717, 1.165) is 29.5 Å². The van der Waals surface area contributed by atoms with Crippen LogP contribution in [0.5, 0.6) is 0 Å². The van der Waals surface area contributed by atoms with Crippen LogP contribution in [0.25, 0.3) is 11.1 Å². The Morgan fingerprint density at radius 3 is 2.43 bits per heavy atom. The second-order valence-electron chi connectivity index (χ2n) is 6.33. The van der Waals surface area contributed by atoms with Gasteiger partial charge in [-0.1, -0.05) is 12.1 Å². The number of carbonyl (C=O) groups excluding carboxylic acids is 1. The number of thiophene rings is 1. The lowest BCUT2D eigenvalue weighted by atomic mass is 9.88. The average molecular weight is 403 g/mol. The molecule has 0 saturated carbocycles.